The second-order valence-electron chi connectivity index (χ2n) is 5.75. The number of hydrogen-bond acceptors (Lipinski definition) is 4. The summed E-state index contributed by atoms with van der Waals surface area (Å²) in [5, 5.41) is 3.90. The third-order valence-corrected chi connectivity index (χ3v) is 4.02. The summed E-state index contributed by atoms with van der Waals surface area (Å²) in [6, 6.07) is 5.11. The lowest BCUT2D eigenvalue weighted by Crippen LogP contribution is -2.34. The Morgan fingerprint density at radius 2 is 1.91 bits per heavy atom. The van der Waals surface area contributed by atoms with Gasteiger partial charge in [0.05, 0.1) is 17.5 Å². The Kier molecular flexibility index (Phi) is 5.01. The van der Waals surface area contributed by atoms with E-state index in [0.29, 0.717) is 11.4 Å². The van der Waals surface area contributed by atoms with Crippen LogP contribution in [-0.2, 0) is 18.1 Å². The van der Waals surface area contributed by atoms with Crippen LogP contribution in [0.2, 0.25) is 0 Å². The first-order valence-electron chi connectivity index (χ1n) is 7.15. The summed E-state index contributed by atoms with van der Waals surface area (Å²) in [6.45, 7) is 0. The first kappa shape index (κ1) is 17.7. The van der Waals surface area contributed by atoms with Gasteiger partial charge >= 0.3 is 6.18 Å². The lowest BCUT2D eigenvalue weighted by Gasteiger charge is -2.17. The summed E-state index contributed by atoms with van der Waals surface area (Å²) in [5.74, 6) is 0.734. The van der Waals surface area contributed by atoms with Crippen LogP contribution in [0.3, 0.4) is 0 Å². The van der Waals surface area contributed by atoms with Crippen LogP contribution in [0.1, 0.15) is 48.5 Å². The van der Waals surface area contributed by atoms with E-state index in [4.69, 9.17) is 10.3 Å². The lowest BCUT2D eigenvalue weighted by atomic mass is 9.98. The Bertz CT molecular complexity index is 666. The molecule has 8 heteroatoms. The third kappa shape index (κ3) is 3.84. The number of nitrogens with zero attached hydrogens (tertiary/aromatic N) is 2. The molecule has 1 saturated carbocycles. The van der Waals surface area contributed by atoms with Gasteiger partial charge in [0.25, 0.3) is 0 Å². The van der Waals surface area contributed by atoms with Crippen LogP contribution >= 0.6 is 12.4 Å². The predicted molar refractivity (Wildman–Crippen MR) is 80.1 cm³/mol. The largest absolute Gasteiger partial charge is 0.416 e. The Balaban J connectivity index is 0.00000192. The molecule has 4 nitrogen and oxygen atoms in total. The summed E-state index contributed by atoms with van der Waals surface area (Å²) < 4.78 is 43.2. The highest BCUT2D eigenvalue weighted by atomic mass is 35.5. The number of aromatic nitrogens is 2. The second kappa shape index (κ2) is 6.49. The molecular formula is C15H17ClF3N3O. The van der Waals surface area contributed by atoms with Crippen molar-refractivity contribution in [1.82, 2.24) is 10.1 Å². The Hall–Kier alpha value is -1.60. The van der Waals surface area contributed by atoms with E-state index in [-0.39, 0.29) is 24.7 Å². The monoisotopic (exact) mass is 347 g/mol. The van der Waals surface area contributed by atoms with Gasteiger partial charge < -0.3 is 10.3 Å². The number of nitrogens with two attached hydrogens (primary N) is 1. The van der Waals surface area contributed by atoms with Crippen molar-refractivity contribution in [3.63, 3.8) is 0 Å². The van der Waals surface area contributed by atoms with Crippen LogP contribution in [0.15, 0.2) is 28.8 Å². The predicted octanol–water partition coefficient (Wildman–Crippen LogP) is 3.83. The molecule has 23 heavy (non-hydrogen) atoms. The number of halogens is 4. The molecule has 0 unspecified atom stereocenters. The van der Waals surface area contributed by atoms with Crippen molar-refractivity contribution in [2.45, 2.75) is 43.8 Å². The minimum absolute atomic E-state index is 0. The van der Waals surface area contributed by atoms with Crippen LogP contribution in [0, 0.1) is 0 Å². The Labute approximate surface area is 137 Å². The van der Waals surface area contributed by atoms with Crippen molar-refractivity contribution in [2.75, 3.05) is 0 Å². The highest BCUT2D eigenvalue weighted by Crippen LogP contribution is 2.35. The zero-order chi connectivity index (χ0) is 15.8. The molecule has 0 spiro atoms. The summed E-state index contributed by atoms with van der Waals surface area (Å²) in [5.41, 5.74) is 5.46. The number of rotatable bonds is 3. The highest BCUT2D eigenvalue weighted by molar-refractivity contribution is 5.85. The van der Waals surface area contributed by atoms with Crippen molar-refractivity contribution in [3.05, 3.63) is 47.1 Å². The zero-order valence-electron chi connectivity index (χ0n) is 12.3. The average Bonchev–Trinajstić information content (AvgIpc) is 3.08. The summed E-state index contributed by atoms with van der Waals surface area (Å²) in [7, 11) is 0. The van der Waals surface area contributed by atoms with E-state index in [1.54, 1.807) is 6.07 Å². The van der Waals surface area contributed by atoms with Gasteiger partial charge in [-0.05, 0) is 24.5 Å². The zero-order valence-corrected chi connectivity index (χ0v) is 13.1. The standard InChI is InChI=1S/C15H16F3N3O.ClH/c16-15(17,18)11-5-3-4-10(8-11)9-12-20-13(21-22-12)14(19)6-1-2-7-14;/h3-5,8H,1-2,6-7,9,19H2;1H. The van der Waals surface area contributed by atoms with Crippen molar-refractivity contribution < 1.29 is 17.7 Å². The van der Waals surface area contributed by atoms with Crippen LogP contribution in [-0.4, -0.2) is 10.1 Å². The molecule has 0 saturated heterocycles. The van der Waals surface area contributed by atoms with E-state index in [0.717, 1.165) is 37.8 Å². The van der Waals surface area contributed by atoms with Crippen LogP contribution in [0.4, 0.5) is 13.2 Å². The SMILES string of the molecule is Cl.NC1(c2noc(Cc3cccc(C(F)(F)F)c3)n2)CCCC1. The number of hydrogen-bond donors (Lipinski definition) is 1. The normalized spacial score (nSPS) is 17.0. The lowest BCUT2D eigenvalue weighted by molar-refractivity contribution is -0.137. The highest BCUT2D eigenvalue weighted by Gasteiger charge is 2.36. The van der Waals surface area contributed by atoms with E-state index >= 15 is 0 Å². The Morgan fingerprint density at radius 1 is 1.22 bits per heavy atom. The van der Waals surface area contributed by atoms with Gasteiger partial charge in [0.2, 0.25) is 5.89 Å². The fourth-order valence-corrected chi connectivity index (χ4v) is 2.79. The van der Waals surface area contributed by atoms with E-state index in [1.165, 1.54) is 6.07 Å². The summed E-state index contributed by atoms with van der Waals surface area (Å²) in [4.78, 5) is 4.27. The van der Waals surface area contributed by atoms with E-state index in [2.05, 4.69) is 10.1 Å². The van der Waals surface area contributed by atoms with Gasteiger partial charge in [-0.15, -0.1) is 12.4 Å². The molecule has 1 heterocycles. The summed E-state index contributed by atoms with van der Waals surface area (Å²) >= 11 is 0. The van der Waals surface area contributed by atoms with Crippen LogP contribution in [0.5, 0.6) is 0 Å². The average molecular weight is 348 g/mol. The molecule has 2 N–H and O–H groups in total. The summed E-state index contributed by atoms with van der Waals surface area (Å²) in [6.07, 6.45) is -0.554. The van der Waals surface area contributed by atoms with Crippen molar-refractivity contribution >= 4 is 12.4 Å². The molecule has 0 atom stereocenters. The first-order valence-corrected chi connectivity index (χ1v) is 7.15. The van der Waals surface area contributed by atoms with Gasteiger partial charge in [-0.25, -0.2) is 0 Å². The van der Waals surface area contributed by atoms with Crippen LogP contribution < -0.4 is 5.73 Å². The van der Waals surface area contributed by atoms with Crippen molar-refractivity contribution in [2.24, 2.45) is 5.73 Å². The van der Waals surface area contributed by atoms with Gasteiger partial charge in [-0.3, -0.25) is 0 Å². The topological polar surface area (TPSA) is 64.9 Å². The van der Waals surface area contributed by atoms with Crippen molar-refractivity contribution in [1.29, 1.82) is 0 Å². The van der Waals surface area contributed by atoms with Gasteiger partial charge in [0.15, 0.2) is 5.82 Å². The van der Waals surface area contributed by atoms with Gasteiger partial charge in [0.1, 0.15) is 0 Å². The number of benzene rings is 1. The fourth-order valence-electron chi connectivity index (χ4n) is 2.79. The maximum atomic E-state index is 12.7. The molecule has 1 aromatic carbocycles. The van der Waals surface area contributed by atoms with E-state index < -0.39 is 17.3 Å². The minimum Gasteiger partial charge on any atom is -0.339 e. The maximum Gasteiger partial charge on any atom is 0.416 e. The first-order chi connectivity index (χ1) is 10.4. The second-order valence-corrected chi connectivity index (χ2v) is 5.75. The Morgan fingerprint density at radius 3 is 2.57 bits per heavy atom. The maximum absolute atomic E-state index is 12.7. The smallest absolute Gasteiger partial charge is 0.339 e. The minimum atomic E-state index is -4.36. The van der Waals surface area contributed by atoms with Crippen molar-refractivity contribution in [3.8, 4) is 0 Å². The molecule has 2 aromatic rings. The van der Waals surface area contributed by atoms with Gasteiger partial charge in [-0.1, -0.05) is 36.2 Å². The molecule has 0 radical (unpaired) electrons. The molecule has 1 aliphatic carbocycles. The molecule has 0 amide bonds. The van der Waals surface area contributed by atoms with Gasteiger partial charge in [-0.2, -0.15) is 18.2 Å². The number of alkyl halides is 3. The quantitative estimate of drug-likeness (QED) is 0.916. The molecule has 1 fully saturated rings. The van der Waals surface area contributed by atoms with E-state index in [9.17, 15) is 13.2 Å². The molecule has 0 bridgehead atoms. The molecular weight excluding hydrogens is 331 g/mol. The molecule has 0 aliphatic heterocycles. The molecule has 1 aliphatic rings. The van der Waals surface area contributed by atoms with Crippen LogP contribution in [0.25, 0.3) is 0 Å². The molecule has 126 valence electrons. The van der Waals surface area contributed by atoms with E-state index in [1.807, 2.05) is 0 Å². The fraction of sp³-hybridized carbons (Fsp3) is 0.467. The third-order valence-electron chi connectivity index (χ3n) is 4.02. The molecule has 1 aromatic heterocycles. The molecule has 3 rings (SSSR count). The van der Waals surface area contributed by atoms with Gasteiger partial charge in [0, 0.05) is 0 Å².